The van der Waals surface area contributed by atoms with E-state index in [-0.39, 0.29) is 5.91 Å². The Labute approximate surface area is 119 Å². The largest absolute Gasteiger partial charge is 0.326 e. The maximum absolute atomic E-state index is 12.2. The standard InChI is InChI=1S/C17H20N2O/c1-3-13-6-8-15(9-7-13)17(20)19-16-10-14(11-18)5-4-12(16)2/h4-10H,3,11,18H2,1-2H3,(H,19,20). The van der Waals surface area contributed by atoms with Crippen LogP contribution in [-0.2, 0) is 13.0 Å². The molecule has 0 heterocycles. The smallest absolute Gasteiger partial charge is 0.255 e. The van der Waals surface area contributed by atoms with Crippen molar-refractivity contribution in [1.82, 2.24) is 0 Å². The van der Waals surface area contributed by atoms with Crippen molar-refractivity contribution in [2.75, 3.05) is 5.32 Å². The predicted molar refractivity (Wildman–Crippen MR) is 82.8 cm³/mol. The predicted octanol–water partition coefficient (Wildman–Crippen LogP) is 3.27. The second-order valence-electron chi connectivity index (χ2n) is 4.86. The number of aryl methyl sites for hydroxylation is 2. The van der Waals surface area contributed by atoms with Gasteiger partial charge in [0.2, 0.25) is 0 Å². The van der Waals surface area contributed by atoms with Crippen LogP contribution >= 0.6 is 0 Å². The lowest BCUT2D eigenvalue weighted by atomic mass is 10.1. The van der Waals surface area contributed by atoms with E-state index in [0.717, 1.165) is 23.2 Å². The highest BCUT2D eigenvalue weighted by molar-refractivity contribution is 6.04. The van der Waals surface area contributed by atoms with Crippen LogP contribution in [0, 0.1) is 6.92 Å². The second kappa shape index (κ2) is 6.35. The zero-order chi connectivity index (χ0) is 14.5. The molecule has 0 fully saturated rings. The third kappa shape index (κ3) is 3.25. The van der Waals surface area contributed by atoms with Crippen LogP contribution in [0.15, 0.2) is 42.5 Å². The molecule has 0 aromatic heterocycles. The fourth-order valence-corrected chi connectivity index (χ4v) is 2.02. The maximum Gasteiger partial charge on any atom is 0.255 e. The summed E-state index contributed by atoms with van der Waals surface area (Å²) < 4.78 is 0. The van der Waals surface area contributed by atoms with Crippen LogP contribution in [0.3, 0.4) is 0 Å². The van der Waals surface area contributed by atoms with Crippen LogP contribution in [0.4, 0.5) is 5.69 Å². The average molecular weight is 268 g/mol. The highest BCUT2D eigenvalue weighted by atomic mass is 16.1. The summed E-state index contributed by atoms with van der Waals surface area (Å²) >= 11 is 0. The zero-order valence-corrected chi connectivity index (χ0v) is 11.9. The molecule has 104 valence electrons. The van der Waals surface area contributed by atoms with Gasteiger partial charge in [-0.2, -0.15) is 0 Å². The van der Waals surface area contributed by atoms with Crippen molar-refractivity contribution in [3.63, 3.8) is 0 Å². The molecular weight excluding hydrogens is 248 g/mol. The molecular formula is C17H20N2O. The van der Waals surface area contributed by atoms with E-state index in [1.807, 2.05) is 49.4 Å². The van der Waals surface area contributed by atoms with Crippen molar-refractivity contribution < 1.29 is 4.79 Å². The van der Waals surface area contributed by atoms with E-state index < -0.39 is 0 Å². The van der Waals surface area contributed by atoms with Gasteiger partial charge in [-0.3, -0.25) is 4.79 Å². The molecule has 0 radical (unpaired) electrons. The molecule has 2 rings (SSSR count). The summed E-state index contributed by atoms with van der Waals surface area (Å²) in [6.45, 7) is 4.53. The first-order valence-electron chi connectivity index (χ1n) is 6.84. The number of nitrogens with one attached hydrogen (secondary N) is 1. The molecule has 0 aliphatic carbocycles. The molecule has 0 saturated heterocycles. The monoisotopic (exact) mass is 268 g/mol. The van der Waals surface area contributed by atoms with Crippen LogP contribution in [-0.4, -0.2) is 5.91 Å². The Morgan fingerprint density at radius 2 is 1.75 bits per heavy atom. The lowest BCUT2D eigenvalue weighted by molar-refractivity contribution is 0.102. The van der Waals surface area contributed by atoms with Crippen molar-refractivity contribution in [3.8, 4) is 0 Å². The molecule has 3 N–H and O–H groups in total. The van der Waals surface area contributed by atoms with Crippen molar-refractivity contribution in [2.45, 2.75) is 26.8 Å². The van der Waals surface area contributed by atoms with Gasteiger partial charge in [0.1, 0.15) is 0 Å². The quantitative estimate of drug-likeness (QED) is 0.894. The lowest BCUT2D eigenvalue weighted by Gasteiger charge is -2.10. The van der Waals surface area contributed by atoms with Crippen LogP contribution in [0.25, 0.3) is 0 Å². The number of amides is 1. The third-order valence-corrected chi connectivity index (χ3v) is 3.41. The third-order valence-electron chi connectivity index (χ3n) is 3.41. The van der Waals surface area contributed by atoms with E-state index in [4.69, 9.17) is 5.73 Å². The van der Waals surface area contributed by atoms with E-state index in [1.165, 1.54) is 5.56 Å². The van der Waals surface area contributed by atoms with Crippen molar-refractivity contribution >= 4 is 11.6 Å². The van der Waals surface area contributed by atoms with E-state index in [2.05, 4.69) is 12.2 Å². The minimum atomic E-state index is -0.0927. The Morgan fingerprint density at radius 3 is 2.35 bits per heavy atom. The summed E-state index contributed by atoms with van der Waals surface area (Å²) in [7, 11) is 0. The molecule has 0 aliphatic rings. The minimum absolute atomic E-state index is 0.0927. The number of benzene rings is 2. The number of carbonyl (C=O) groups excluding carboxylic acids is 1. The Bertz CT molecular complexity index is 603. The first-order chi connectivity index (χ1) is 9.63. The Morgan fingerprint density at radius 1 is 1.10 bits per heavy atom. The Hall–Kier alpha value is -2.13. The highest BCUT2D eigenvalue weighted by Crippen LogP contribution is 2.18. The van der Waals surface area contributed by atoms with Gasteiger partial charge in [0.25, 0.3) is 5.91 Å². The molecule has 0 saturated carbocycles. The zero-order valence-electron chi connectivity index (χ0n) is 11.9. The van der Waals surface area contributed by atoms with Gasteiger partial charge in [-0.1, -0.05) is 31.2 Å². The molecule has 2 aromatic rings. The van der Waals surface area contributed by atoms with Gasteiger partial charge in [0.15, 0.2) is 0 Å². The first kappa shape index (κ1) is 14.3. The molecule has 3 nitrogen and oxygen atoms in total. The number of hydrogen-bond acceptors (Lipinski definition) is 2. The van der Waals surface area contributed by atoms with Crippen molar-refractivity contribution in [1.29, 1.82) is 0 Å². The number of rotatable bonds is 4. The molecule has 0 bridgehead atoms. The Kier molecular flexibility index (Phi) is 4.53. The lowest BCUT2D eigenvalue weighted by Crippen LogP contribution is -2.13. The molecule has 2 aromatic carbocycles. The second-order valence-corrected chi connectivity index (χ2v) is 4.86. The maximum atomic E-state index is 12.2. The van der Waals surface area contributed by atoms with Gasteiger partial charge < -0.3 is 11.1 Å². The van der Waals surface area contributed by atoms with Crippen molar-refractivity contribution in [3.05, 3.63) is 64.7 Å². The molecule has 0 aliphatic heterocycles. The normalized spacial score (nSPS) is 10.3. The molecule has 3 heteroatoms. The summed E-state index contributed by atoms with van der Waals surface area (Å²) in [5, 5.41) is 2.94. The van der Waals surface area contributed by atoms with E-state index in [1.54, 1.807) is 0 Å². The summed E-state index contributed by atoms with van der Waals surface area (Å²) in [6, 6.07) is 13.6. The van der Waals surface area contributed by atoms with E-state index >= 15 is 0 Å². The first-order valence-corrected chi connectivity index (χ1v) is 6.84. The number of nitrogens with two attached hydrogens (primary N) is 1. The van der Waals surface area contributed by atoms with Gasteiger partial charge >= 0.3 is 0 Å². The average Bonchev–Trinajstić information content (AvgIpc) is 2.49. The minimum Gasteiger partial charge on any atom is -0.326 e. The summed E-state index contributed by atoms with van der Waals surface area (Å²) in [5.41, 5.74) is 10.4. The fourth-order valence-electron chi connectivity index (χ4n) is 2.02. The van der Waals surface area contributed by atoms with Crippen LogP contribution in [0.5, 0.6) is 0 Å². The molecule has 0 spiro atoms. The number of carbonyl (C=O) groups is 1. The van der Waals surface area contributed by atoms with Crippen LogP contribution < -0.4 is 11.1 Å². The van der Waals surface area contributed by atoms with Gasteiger partial charge in [-0.25, -0.2) is 0 Å². The van der Waals surface area contributed by atoms with Gasteiger partial charge in [0, 0.05) is 17.8 Å². The molecule has 0 atom stereocenters. The summed E-state index contributed by atoms with van der Waals surface area (Å²) in [5.74, 6) is -0.0927. The van der Waals surface area contributed by atoms with E-state index in [0.29, 0.717) is 12.1 Å². The van der Waals surface area contributed by atoms with Gasteiger partial charge in [-0.15, -0.1) is 0 Å². The summed E-state index contributed by atoms with van der Waals surface area (Å²) in [6.07, 6.45) is 0.972. The van der Waals surface area contributed by atoms with Gasteiger partial charge in [0.05, 0.1) is 0 Å². The van der Waals surface area contributed by atoms with E-state index in [9.17, 15) is 4.79 Å². The number of anilines is 1. The Balaban J connectivity index is 2.18. The molecule has 20 heavy (non-hydrogen) atoms. The summed E-state index contributed by atoms with van der Waals surface area (Å²) in [4.78, 5) is 12.2. The fraction of sp³-hybridized carbons (Fsp3) is 0.235. The van der Waals surface area contributed by atoms with Crippen molar-refractivity contribution in [2.24, 2.45) is 5.73 Å². The SMILES string of the molecule is CCc1ccc(C(=O)Nc2cc(CN)ccc2C)cc1. The molecule has 0 unspecified atom stereocenters. The molecule has 1 amide bonds. The van der Waals surface area contributed by atoms with Crippen LogP contribution in [0.1, 0.15) is 34.0 Å². The van der Waals surface area contributed by atoms with Crippen LogP contribution in [0.2, 0.25) is 0 Å². The highest BCUT2D eigenvalue weighted by Gasteiger charge is 2.08. The topological polar surface area (TPSA) is 55.1 Å². The van der Waals surface area contributed by atoms with Gasteiger partial charge in [-0.05, 0) is 48.2 Å². The number of hydrogen-bond donors (Lipinski definition) is 2.